The summed E-state index contributed by atoms with van der Waals surface area (Å²) in [5.74, 6) is -0.578. The molecule has 0 aliphatic carbocycles. The van der Waals surface area contributed by atoms with Crippen molar-refractivity contribution in [3.05, 3.63) is 35.1 Å². The molecule has 0 fully saturated rings. The van der Waals surface area contributed by atoms with Crippen molar-refractivity contribution >= 4 is 11.7 Å². The summed E-state index contributed by atoms with van der Waals surface area (Å²) in [5, 5.41) is 12.8. The SMILES string of the molecule is CCCC1=C(C/C=C(\C)C/C=C/C(C)C)NC(=O)[C@@](C)(O)C1=O. The largest absolute Gasteiger partial charge is 0.373 e. The van der Waals surface area contributed by atoms with Crippen molar-refractivity contribution in [1.82, 2.24) is 5.32 Å². The summed E-state index contributed by atoms with van der Waals surface area (Å²) in [6.45, 7) is 9.53. The molecule has 0 bridgehead atoms. The first kappa shape index (κ1) is 19.4. The third-order valence-corrected chi connectivity index (χ3v) is 3.90. The molecule has 1 rings (SSSR count). The predicted octanol–water partition coefficient (Wildman–Crippen LogP) is 3.43. The summed E-state index contributed by atoms with van der Waals surface area (Å²) in [6, 6.07) is 0. The van der Waals surface area contributed by atoms with Crippen molar-refractivity contribution in [2.75, 3.05) is 0 Å². The highest BCUT2D eigenvalue weighted by Gasteiger charge is 2.44. The number of carbonyl (C=O) groups is 2. The van der Waals surface area contributed by atoms with E-state index in [1.807, 2.05) is 19.9 Å². The van der Waals surface area contributed by atoms with Gasteiger partial charge in [-0.1, -0.05) is 51.0 Å². The molecule has 0 aromatic carbocycles. The van der Waals surface area contributed by atoms with Crippen LogP contribution in [-0.4, -0.2) is 22.4 Å². The van der Waals surface area contributed by atoms with Gasteiger partial charge in [0.1, 0.15) is 0 Å². The van der Waals surface area contributed by atoms with Gasteiger partial charge in [-0.2, -0.15) is 0 Å². The van der Waals surface area contributed by atoms with Crippen LogP contribution in [-0.2, 0) is 9.59 Å². The minimum atomic E-state index is -1.95. The monoisotopic (exact) mass is 319 g/mol. The van der Waals surface area contributed by atoms with Crippen molar-refractivity contribution in [3.8, 4) is 0 Å². The number of ketones is 1. The Bertz CT molecular complexity index is 551. The van der Waals surface area contributed by atoms with Crippen molar-refractivity contribution in [3.63, 3.8) is 0 Å². The number of rotatable bonds is 7. The molecule has 2 N–H and O–H groups in total. The zero-order chi connectivity index (χ0) is 17.6. The highest BCUT2D eigenvalue weighted by atomic mass is 16.3. The Balaban J connectivity index is 2.92. The second-order valence-corrected chi connectivity index (χ2v) is 6.69. The zero-order valence-electron chi connectivity index (χ0n) is 14.9. The van der Waals surface area contributed by atoms with E-state index in [0.717, 1.165) is 12.8 Å². The lowest BCUT2D eigenvalue weighted by Crippen LogP contribution is -2.54. The first-order valence-corrected chi connectivity index (χ1v) is 8.33. The second kappa shape index (κ2) is 8.25. The molecule has 1 aliphatic heterocycles. The van der Waals surface area contributed by atoms with Crippen LogP contribution >= 0.6 is 0 Å². The van der Waals surface area contributed by atoms with E-state index in [1.165, 1.54) is 12.5 Å². The third kappa shape index (κ3) is 5.17. The molecule has 1 atom stereocenters. The molecule has 1 heterocycles. The summed E-state index contributed by atoms with van der Waals surface area (Å²) < 4.78 is 0. The van der Waals surface area contributed by atoms with Gasteiger partial charge in [-0.25, -0.2) is 0 Å². The Morgan fingerprint density at radius 2 is 2.00 bits per heavy atom. The first-order valence-electron chi connectivity index (χ1n) is 8.33. The zero-order valence-corrected chi connectivity index (χ0v) is 14.9. The summed E-state index contributed by atoms with van der Waals surface area (Å²) in [5.41, 5.74) is 0.399. The minimum Gasteiger partial charge on any atom is -0.373 e. The van der Waals surface area contributed by atoms with E-state index < -0.39 is 17.3 Å². The highest BCUT2D eigenvalue weighted by Crippen LogP contribution is 2.26. The normalized spacial score (nSPS) is 23.2. The van der Waals surface area contributed by atoms with Gasteiger partial charge in [-0.15, -0.1) is 0 Å². The van der Waals surface area contributed by atoms with E-state index in [4.69, 9.17) is 0 Å². The lowest BCUT2D eigenvalue weighted by Gasteiger charge is -2.29. The summed E-state index contributed by atoms with van der Waals surface area (Å²) in [6.07, 6.45) is 9.03. The molecule has 0 aromatic heterocycles. The van der Waals surface area contributed by atoms with Gasteiger partial charge in [0.2, 0.25) is 11.4 Å². The molecule has 0 spiro atoms. The fourth-order valence-corrected chi connectivity index (χ4v) is 2.44. The first-order chi connectivity index (χ1) is 10.7. The number of allylic oxidation sites excluding steroid dienone is 4. The minimum absolute atomic E-state index is 0.469. The number of hydrogen-bond acceptors (Lipinski definition) is 3. The molecule has 1 amide bonds. The molecule has 0 unspecified atom stereocenters. The number of Topliss-reactive ketones (excluding diaryl/α,β-unsaturated/α-hetero) is 1. The lowest BCUT2D eigenvalue weighted by atomic mass is 9.86. The van der Waals surface area contributed by atoms with Crippen molar-refractivity contribution < 1.29 is 14.7 Å². The van der Waals surface area contributed by atoms with Crippen LogP contribution in [0.15, 0.2) is 35.1 Å². The van der Waals surface area contributed by atoms with Gasteiger partial charge in [-0.3, -0.25) is 9.59 Å². The van der Waals surface area contributed by atoms with E-state index in [2.05, 4.69) is 31.3 Å². The van der Waals surface area contributed by atoms with Gasteiger partial charge < -0.3 is 10.4 Å². The van der Waals surface area contributed by atoms with Gasteiger partial charge >= 0.3 is 0 Å². The Kier molecular flexibility index (Phi) is 6.95. The lowest BCUT2D eigenvalue weighted by molar-refractivity contribution is -0.149. The van der Waals surface area contributed by atoms with Crippen LogP contribution < -0.4 is 5.32 Å². The second-order valence-electron chi connectivity index (χ2n) is 6.69. The molecular weight excluding hydrogens is 290 g/mol. The Morgan fingerprint density at radius 1 is 1.35 bits per heavy atom. The molecule has 23 heavy (non-hydrogen) atoms. The third-order valence-electron chi connectivity index (χ3n) is 3.90. The van der Waals surface area contributed by atoms with E-state index >= 15 is 0 Å². The van der Waals surface area contributed by atoms with E-state index in [-0.39, 0.29) is 0 Å². The van der Waals surface area contributed by atoms with E-state index in [9.17, 15) is 14.7 Å². The molecule has 4 heteroatoms. The molecular formula is C19H29NO3. The molecule has 0 saturated carbocycles. The smallest absolute Gasteiger partial charge is 0.263 e. The predicted molar refractivity (Wildman–Crippen MR) is 92.7 cm³/mol. The molecule has 0 saturated heterocycles. The van der Waals surface area contributed by atoms with E-state index in [1.54, 1.807) is 0 Å². The number of carbonyl (C=O) groups excluding carboxylic acids is 2. The summed E-state index contributed by atoms with van der Waals surface area (Å²) in [7, 11) is 0. The van der Waals surface area contributed by atoms with Crippen LogP contribution in [0, 0.1) is 5.92 Å². The highest BCUT2D eigenvalue weighted by molar-refractivity contribution is 6.19. The number of nitrogens with one attached hydrogen (secondary N) is 1. The number of hydrogen-bond donors (Lipinski definition) is 2. The van der Waals surface area contributed by atoms with Crippen LogP contribution in [0.5, 0.6) is 0 Å². The average Bonchev–Trinajstić information content (AvgIpc) is 2.46. The van der Waals surface area contributed by atoms with Crippen molar-refractivity contribution in [1.29, 1.82) is 0 Å². The fourth-order valence-electron chi connectivity index (χ4n) is 2.44. The molecule has 128 valence electrons. The van der Waals surface area contributed by atoms with Gasteiger partial charge in [0.25, 0.3) is 5.91 Å². The summed E-state index contributed by atoms with van der Waals surface area (Å²) >= 11 is 0. The van der Waals surface area contributed by atoms with Crippen LogP contribution in [0.4, 0.5) is 0 Å². The van der Waals surface area contributed by atoms with Crippen LogP contribution in [0.2, 0.25) is 0 Å². The van der Waals surface area contributed by atoms with Gasteiger partial charge in [0, 0.05) is 17.7 Å². The molecule has 1 aliphatic rings. The van der Waals surface area contributed by atoms with Gasteiger partial charge in [-0.05, 0) is 32.6 Å². The van der Waals surface area contributed by atoms with Gasteiger partial charge in [0.15, 0.2) is 0 Å². The maximum Gasteiger partial charge on any atom is 0.263 e. The quantitative estimate of drug-likeness (QED) is 0.558. The Morgan fingerprint density at radius 3 is 2.57 bits per heavy atom. The van der Waals surface area contributed by atoms with Crippen molar-refractivity contribution in [2.24, 2.45) is 5.92 Å². The standard InChI is InChI=1S/C19H29NO3/c1-6-8-15-16(20-18(22)19(5,23)17(15)21)12-11-14(4)10-7-9-13(2)3/h7,9,11,13,23H,6,8,10,12H2,1-5H3,(H,20,22)/b9-7+,14-11+/t19-/m0/s1. The topological polar surface area (TPSA) is 66.4 Å². The van der Waals surface area contributed by atoms with Crippen LogP contribution in [0.25, 0.3) is 0 Å². The Labute approximate surface area is 139 Å². The van der Waals surface area contributed by atoms with Crippen LogP contribution in [0.3, 0.4) is 0 Å². The Hall–Kier alpha value is -1.68. The maximum atomic E-state index is 12.3. The number of aliphatic hydroxyl groups is 1. The average molecular weight is 319 g/mol. The maximum absolute atomic E-state index is 12.3. The summed E-state index contributed by atoms with van der Waals surface area (Å²) in [4.78, 5) is 24.3. The molecule has 0 aromatic rings. The van der Waals surface area contributed by atoms with E-state index in [0.29, 0.717) is 30.0 Å². The molecule has 0 radical (unpaired) electrons. The van der Waals surface area contributed by atoms with Gasteiger partial charge in [0.05, 0.1) is 0 Å². The molecule has 4 nitrogen and oxygen atoms in total. The number of amides is 1. The van der Waals surface area contributed by atoms with Crippen molar-refractivity contribution in [2.45, 2.75) is 65.9 Å². The fraction of sp³-hybridized carbons (Fsp3) is 0.579. The van der Waals surface area contributed by atoms with Crippen LogP contribution in [0.1, 0.15) is 60.3 Å².